The Bertz CT molecular complexity index is 819. The maximum atomic E-state index is 12.4. The molecule has 0 spiro atoms. The number of likely N-dealkylation sites (tertiary alicyclic amines) is 1. The molecule has 1 saturated heterocycles. The van der Waals surface area contributed by atoms with Crippen LogP contribution in [0.25, 0.3) is 0 Å². The van der Waals surface area contributed by atoms with E-state index < -0.39 is 18.2 Å². The minimum absolute atomic E-state index is 0.147. The fourth-order valence-electron chi connectivity index (χ4n) is 3.04. The Morgan fingerprint density at radius 2 is 1.82 bits per heavy atom. The number of carbonyl (C=O) groups is 2. The highest BCUT2D eigenvalue weighted by molar-refractivity contribution is 5.89. The first-order chi connectivity index (χ1) is 13.6. The first kappa shape index (κ1) is 19.5. The molecule has 0 bridgehead atoms. The van der Waals surface area contributed by atoms with E-state index in [1.165, 1.54) is 0 Å². The van der Waals surface area contributed by atoms with Gasteiger partial charge in [0.2, 0.25) is 0 Å². The molecule has 0 N–H and O–H groups in total. The van der Waals surface area contributed by atoms with Gasteiger partial charge in [-0.2, -0.15) is 0 Å². The topological polar surface area (TPSA) is 65.1 Å². The van der Waals surface area contributed by atoms with Gasteiger partial charge in [0.05, 0.1) is 19.2 Å². The zero-order valence-electron chi connectivity index (χ0n) is 15.7. The second kappa shape index (κ2) is 9.08. The van der Waals surface area contributed by atoms with Gasteiger partial charge < -0.3 is 19.1 Å². The smallest absolute Gasteiger partial charge is 0.410 e. The summed E-state index contributed by atoms with van der Waals surface area (Å²) < 4.78 is 16.1. The molecule has 1 aliphatic heterocycles. The van der Waals surface area contributed by atoms with Crippen molar-refractivity contribution in [1.82, 2.24) is 4.90 Å². The fourth-order valence-corrected chi connectivity index (χ4v) is 3.04. The Balaban J connectivity index is 1.57. The van der Waals surface area contributed by atoms with Crippen LogP contribution in [0.1, 0.15) is 15.9 Å². The van der Waals surface area contributed by atoms with Gasteiger partial charge in [0.15, 0.2) is 0 Å². The molecule has 1 amide bonds. The van der Waals surface area contributed by atoms with Crippen LogP contribution < -0.4 is 4.74 Å². The largest absolute Gasteiger partial charge is 0.497 e. The molecular weight excluding hydrogens is 358 g/mol. The van der Waals surface area contributed by atoms with E-state index in [2.05, 4.69) is 6.58 Å². The SMILES string of the molecule is C=C[C@H]1CN(C(=O)OCc2ccccc2)C[C@H]1OC(=O)c1ccc(OC)cc1. The van der Waals surface area contributed by atoms with E-state index in [9.17, 15) is 9.59 Å². The van der Waals surface area contributed by atoms with Crippen LogP contribution in [0.2, 0.25) is 0 Å². The molecule has 1 heterocycles. The molecule has 146 valence electrons. The van der Waals surface area contributed by atoms with E-state index >= 15 is 0 Å². The predicted molar refractivity (Wildman–Crippen MR) is 104 cm³/mol. The van der Waals surface area contributed by atoms with Crippen LogP contribution in [0, 0.1) is 5.92 Å². The highest BCUT2D eigenvalue weighted by atomic mass is 16.6. The normalized spacial score (nSPS) is 18.4. The van der Waals surface area contributed by atoms with Gasteiger partial charge in [-0.3, -0.25) is 0 Å². The number of hydrogen-bond acceptors (Lipinski definition) is 5. The summed E-state index contributed by atoms with van der Waals surface area (Å²) in [5.41, 5.74) is 1.34. The number of amides is 1. The van der Waals surface area contributed by atoms with Crippen molar-refractivity contribution >= 4 is 12.1 Å². The fraction of sp³-hybridized carbons (Fsp3) is 0.273. The van der Waals surface area contributed by atoms with Crippen molar-refractivity contribution in [3.63, 3.8) is 0 Å². The summed E-state index contributed by atoms with van der Waals surface area (Å²) in [4.78, 5) is 26.3. The van der Waals surface area contributed by atoms with E-state index in [-0.39, 0.29) is 19.1 Å². The van der Waals surface area contributed by atoms with Crippen molar-refractivity contribution in [1.29, 1.82) is 0 Å². The molecule has 0 unspecified atom stereocenters. The van der Waals surface area contributed by atoms with Gasteiger partial charge >= 0.3 is 12.1 Å². The molecule has 2 aromatic carbocycles. The maximum Gasteiger partial charge on any atom is 0.410 e. The van der Waals surface area contributed by atoms with Gasteiger partial charge in [-0.25, -0.2) is 9.59 Å². The van der Waals surface area contributed by atoms with E-state index in [1.807, 2.05) is 30.3 Å². The Morgan fingerprint density at radius 3 is 2.46 bits per heavy atom. The molecule has 2 aromatic rings. The summed E-state index contributed by atoms with van der Waals surface area (Å²) in [6.07, 6.45) is 0.811. The first-order valence-electron chi connectivity index (χ1n) is 9.04. The third kappa shape index (κ3) is 4.71. The second-order valence-corrected chi connectivity index (χ2v) is 6.52. The van der Waals surface area contributed by atoms with E-state index in [0.717, 1.165) is 5.56 Å². The Hall–Kier alpha value is -3.28. The molecule has 6 nitrogen and oxygen atoms in total. The van der Waals surface area contributed by atoms with Crippen LogP contribution in [0.4, 0.5) is 4.79 Å². The molecular formula is C22H23NO5. The number of ether oxygens (including phenoxy) is 3. The van der Waals surface area contributed by atoms with Crippen molar-refractivity contribution in [3.8, 4) is 5.75 Å². The number of carbonyl (C=O) groups excluding carboxylic acids is 2. The third-order valence-corrected chi connectivity index (χ3v) is 4.66. The molecule has 0 radical (unpaired) electrons. The van der Waals surface area contributed by atoms with E-state index in [1.54, 1.807) is 42.4 Å². The second-order valence-electron chi connectivity index (χ2n) is 6.52. The van der Waals surface area contributed by atoms with Crippen LogP contribution >= 0.6 is 0 Å². The number of hydrogen-bond donors (Lipinski definition) is 0. The summed E-state index contributed by atoms with van der Waals surface area (Å²) in [6.45, 7) is 4.67. The molecule has 2 atom stereocenters. The van der Waals surface area contributed by atoms with Gasteiger partial charge in [0.1, 0.15) is 18.5 Å². The number of methoxy groups -OCH3 is 1. The van der Waals surface area contributed by atoms with Crippen LogP contribution in [-0.4, -0.2) is 43.3 Å². The van der Waals surface area contributed by atoms with Crippen molar-refractivity contribution in [2.45, 2.75) is 12.7 Å². The summed E-state index contributed by atoms with van der Waals surface area (Å²) in [5.74, 6) is 0.0687. The zero-order chi connectivity index (χ0) is 19.9. The van der Waals surface area contributed by atoms with Crippen molar-refractivity contribution in [2.24, 2.45) is 5.92 Å². The molecule has 28 heavy (non-hydrogen) atoms. The molecule has 3 rings (SSSR count). The van der Waals surface area contributed by atoms with Gasteiger partial charge in [-0.15, -0.1) is 6.58 Å². The lowest BCUT2D eigenvalue weighted by Crippen LogP contribution is -2.31. The average Bonchev–Trinajstić information content (AvgIpc) is 3.15. The minimum atomic E-state index is -0.462. The molecule has 1 fully saturated rings. The third-order valence-electron chi connectivity index (χ3n) is 4.66. The highest BCUT2D eigenvalue weighted by Crippen LogP contribution is 2.23. The number of nitrogens with zero attached hydrogens (tertiary/aromatic N) is 1. The van der Waals surface area contributed by atoms with Crippen molar-refractivity contribution in [3.05, 3.63) is 78.4 Å². The molecule has 0 aliphatic carbocycles. The van der Waals surface area contributed by atoms with Crippen LogP contribution in [0.5, 0.6) is 5.75 Å². The number of benzene rings is 2. The Kier molecular flexibility index (Phi) is 6.32. The average molecular weight is 381 g/mol. The first-order valence-corrected chi connectivity index (χ1v) is 9.04. The van der Waals surface area contributed by atoms with Crippen LogP contribution in [-0.2, 0) is 16.1 Å². The molecule has 1 aliphatic rings. The standard InChI is InChI=1S/C22H23NO5/c1-3-17-13-23(22(25)27-15-16-7-5-4-6-8-16)14-20(17)28-21(24)18-9-11-19(26-2)12-10-18/h3-12,17,20H,1,13-15H2,2H3/t17-,20+/m0/s1. The summed E-state index contributed by atoms with van der Waals surface area (Å²) in [7, 11) is 1.56. The zero-order valence-corrected chi connectivity index (χ0v) is 15.7. The van der Waals surface area contributed by atoms with Gasteiger partial charge in [-0.1, -0.05) is 36.4 Å². The summed E-state index contributed by atoms with van der Waals surface area (Å²) in [6, 6.07) is 16.2. The quantitative estimate of drug-likeness (QED) is 0.564. The van der Waals surface area contributed by atoms with Crippen LogP contribution in [0.15, 0.2) is 67.3 Å². The lowest BCUT2D eigenvalue weighted by Gasteiger charge is -2.17. The lowest BCUT2D eigenvalue weighted by atomic mass is 10.1. The number of rotatable bonds is 6. The Labute approximate surface area is 164 Å². The van der Waals surface area contributed by atoms with Crippen LogP contribution in [0.3, 0.4) is 0 Å². The summed E-state index contributed by atoms with van der Waals surface area (Å²) >= 11 is 0. The van der Waals surface area contributed by atoms with Crippen molar-refractivity contribution in [2.75, 3.05) is 20.2 Å². The summed E-state index contributed by atoms with van der Waals surface area (Å²) in [5, 5.41) is 0. The number of esters is 1. The molecule has 6 heteroatoms. The van der Waals surface area contributed by atoms with E-state index in [4.69, 9.17) is 14.2 Å². The van der Waals surface area contributed by atoms with Gasteiger partial charge in [-0.05, 0) is 29.8 Å². The monoisotopic (exact) mass is 381 g/mol. The molecule has 0 aromatic heterocycles. The lowest BCUT2D eigenvalue weighted by molar-refractivity contribution is 0.0263. The van der Waals surface area contributed by atoms with E-state index in [0.29, 0.717) is 17.9 Å². The van der Waals surface area contributed by atoms with Gasteiger partial charge in [0, 0.05) is 12.5 Å². The Morgan fingerprint density at radius 1 is 1.11 bits per heavy atom. The minimum Gasteiger partial charge on any atom is -0.497 e. The predicted octanol–water partition coefficient (Wildman–Crippen LogP) is 3.68. The van der Waals surface area contributed by atoms with Crippen molar-refractivity contribution < 1.29 is 23.8 Å². The van der Waals surface area contributed by atoms with Gasteiger partial charge in [0.25, 0.3) is 0 Å². The molecule has 0 saturated carbocycles. The maximum absolute atomic E-state index is 12.4. The highest BCUT2D eigenvalue weighted by Gasteiger charge is 2.37.